The van der Waals surface area contributed by atoms with E-state index in [9.17, 15) is 4.39 Å². The van der Waals surface area contributed by atoms with Gasteiger partial charge in [-0.25, -0.2) is 4.39 Å². The molecule has 6 heteroatoms. The molecule has 0 atom stereocenters. The van der Waals surface area contributed by atoms with E-state index in [1.165, 1.54) is 30.5 Å². The second-order valence-electron chi connectivity index (χ2n) is 3.13. The summed E-state index contributed by atoms with van der Waals surface area (Å²) in [5.41, 5.74) is 0.338. The molecule has 2 aromatic rings. The predicted molar refractivity (Wildman–Crippen MR) is 61.4 cm³/mol. The predicted octanol–water partition coefficient (Wildman–Crippen LogP) is 2.88. The zero-order valence-electron chi connectivity index (χ0n) is 8.48. The Labute approximate surface area is 102 Å². The summed E-state index contributed by atoms with van der Waals surface area (Å²) in [7, 11) is 0. The quantitative estimate of drug-likeness (QED) is 0.888. The van der Waals surface area contributed by atoms with E-state index >= 15 is 0 Å². The number of nitrogens with zero attached hydrogens (tertiary/aromatic N) is 3. The van der Waals surface area contributed by atoms with Gasteiger partial charge in [-0.3, -0.25) is 0 Å². The van der Waals surface area contributed by atoms with Crippen LogP contribution in [0.1, 0.15) is 5.56 Å². The van der Waals surface area contributed by atoms with Gasteiger partial charge in [-0.05, 0) is 18.2 Å². The van der Waals surface area contributed by atoms with Crippen LogP contribution in [-0.2, 0) is 0 Å². The third-order valence-corrected chi connectivity index (χ3v) is 2.36. The fraction of sp³-hybridized carbons (Fsp3) is 0. The van der Waals surface area contributed by atoms with Gasteiger partial charge >= 0.3 is 0 Å². The van der Waals surface area contributed by atoms with Crippen LogP contribution in [0.3, 0.4) is 0 Å². The summed E-state index contributed by atoms with van der Waals surface area (Å²) < 4.78 is 13.5. The lowest BCUT2D eigenvalue weighted by Crippen LogP contribution is -2.00. The van der Waals surface area contributed by atoms with Crippen molar-refractivity contribution in [2.75, 3.05) is 5.32 Å². The first-order valence-electron chi connectivity index (χ1n) is 4.65. The highest BCUT2D eigenvalue weighted by Gasteiger charge is 2.10. The lowest BCUT2D eigenvalue weighted by atomic mass is 10.2. The SMILES string of the molecule is N#Cc1ccnnc1Nc1c(F)cccc1Cl. The number of aromatic nitrogens is 2. The average Bonchev–Trinajstić information content (AvgIpc) is 2.34. The van der Waals surface area contributed by atoms with E-state index < -0.39 is 5.82 Å². The van der Waals surface area contributed by atoms with Gasteiger partial charge < -0.3 is 5.32 Å². The molecule has 0 amide bonds. The van der Waals surface area contributed by atoms with Crippen LogP contribution in [0.4, 0.5) is 15.9 Å². The van der Waals surface area contributed by atoms with Crippen molar-refractivity contribution < 1.29 is 4.39 Å². The molecule has 0 bridgehead atoms. The van der Waals surface area contributed by atoms with Crippen molar-refractivity contribution in [2.45, 2.75) is 0 Å². The lowest BCUT2D eigenvalue weighted by Gasteiger charge is -2.08. The summed E-state index contributed by atoms with van der Waals surface area (Å²) in [6, 6.07) is 7.69. The molecule has 17 heavy (non-hydrogen) atoms. The molecule has 0 saturated heterocycles. The highest BCUT2D eigenvalue weighted by molar-refractivity contribution is 6.33. The fourth-order valence-corrected chi connectivity index (χ4v) is 1.46. The molecule has 0 aliphatic rings. The Hall–Kier alpha value is -2.19. The van der Waals surface area contributed by atoms with E-state index in [0.29, 0.717) is 0 Å². The normalized spacial score (nSPS) is 9.71. The summed E-state index contributed by atoms with van der Waals surface area (Å²) in [5, 5.41) is 19.1. The molecule has 0 saturated carbocycles. The number of benzene rings is 1. The first-order chi connectivity index (χ1) is 8.22. The summed E-state index contributed by atoms with van der Waals surface area (Å²) in [6.07, 6.45) is 1.38. The van der Waals surface area contributed by atoms with Gasteiger partial charge in [0.2, 0.25) is 0 Å². The third-order valence-electron chi connectivity index (χ3n) is 2.05. The molecule has 0 aliphatic carbocycles. The Morgan fingerprint density at radius 1 is 1.35 bits per heavy atom. The number of para-hydroxylation sites is 1. The van der Waals surface area contributed by atoms with Crippen LogP contribution in [0.5, 0.6) is 0 Å². The van der Waals surface area contributed by atoms with Crippen molar-refractivity contribution in [3.63, 3.8) is 0 Å². The average molecular weight is 249 g/mol. The van der Waals surface area contributed by atoms with E-state index in [2.05, 4.69) is 15.5 Å². The minimum atomic E-state index is -0.521. The van der Waals surface area contributed by atoms with Crippen LogP contribution in [0.15, 0.2) is 30.5 Å². The number of hydrogen-bond donors (Lipinski definition) is 1. The van der Waals surface area contributed by atoms with E-state index in [1.807, 2.05) is 6.07 Å². The molecule has 1 heterocycles. The summed E-state index contributed by atoms with van der Waals surface area (Å²) in [4.78, 5) is 0. The number of nitriles is 1. The number of nitrogens with one attached hydrogen (secondary N) is 1. The van der Waals surface area contributed by atoms with Crippen LogP contribution < -0.4 is 5.32 Å². The highest BCUT2D eigenvalue weighted by atomic mass is 35.5. The second kappa shape index (κ2) is 4.76. The van der Waals surface area contributed by atoms with E-state index in [4.69, 9.17) is 16.9 Å². The fourth-order valence-electron chi connectivity index (χ4n) is 1.25. The summed E-state index contributed by atoms with van der Waals surface area (Å²) in [6.45, 7) is 0. The molecule has 1 aromatic carbocycles. The van der Waals surface area contributed by atoms with Gasteiger partial charge in [0.05, 0.1) is 22.5 Å². The number of halogens is 2. The van der Waals surface area contributed by atoms with Gasteiger partial charge in [0.15, 0.2) is 5.82 Å². The van der Waals surface area contributed by atoms with Crippen molar-refractivity contribution in [3.8, 4) is 6.07 Å². The minimum Gasteiger partial charge on any atom is -0.334 e. The number of anilines is 2. The Balaban J connectivity index is 2.42. The molecule has 0 aliphatic heterocycles. The van der Waals surface area contributed by atoms with E-state index in [0.717, 1.165) is 0 Å². The Kier molecular flexibility index (Phi) is 3.17. The summed E-state index contributed by atoms with van der Waals surface area (Å²) in [5.74, 6) is -0.353. The first-order valence-corrected chi connectivity index (χ1v) is 5.03. The number of rotatable bonds is 2. The molecule has 0 fully saturated rings. The second-order valence-corrected chi connectivity index (χ2v) is 3.53. The summed E-state index contributed by atoms with van der Waals surface area (Å²) >= 11 is 5.84. The van der Waals surface area contributed by atoms with Crippen molar-refractivity contribution in [1.82, 2.24) is 10.2 Å². The van der Waals surface area contributed by atoms with Crippen molar-refractivity contribution in [2.24, 2.45) is 0 Å². The zero-order valence-corrected chi connectivity index (χ0v) is 9.24. The molecule has 0 spiro atoms. The third kappa shape index (κ3) is 2.32. The van der Waals surface area contributed by atoms with E-state index in [1.54, 1.807) is 0 Å². The van der Waals surface area contributed by atoms with Crippen LogP contribution >= 0.6 is 11.6 Å². The Morgan fingerprint density at radius 2 is 2.18 bits per heavy atom. The van der Waals surface area contributed by atoms with Crippen molar-refractivity contribution in [1.29, 1.82) is 5.26 Å². The smallest absolute Gasteiger partial charge is 0.171 e. The first kappa shape index (κ1) is 11.3. The Morgan fingerprint density at radius 3 is 2.88 bits per heavy atom. The van der Waals surface area contributed by atoms with Gasteiger partial charge in [0.25, 0.3) is 0 Å². The molecule has 2 rings (SSSR count). The molecule has 84 valence electrons. The maximum atomic E-state index is 13.5. The molecule has 0 unspecified atom stereocenters. The van der Waals surface area contributed by atoms with E-state index in [-0.39, 0.29) is 22.1 Å². The van der Waals surface area contributed by atoms with Gasteiger partial charge in [-0.2, -0.15) is 10.4 Å². The lowest BCUT2D eigenvalue weighted by molar-refractivity contribution is 0.632. The standard InChI is InChI=1S/C11H6ClFN4/c12-8-2-1-3-9(13)10(8)16-11-7(6-14)4-5-15-17-11/h1-5H,(H,16,17). The monoisotopic (exact) mass is 248 g/mol. The molecule has 4 nitrogen and oxygen atoms in total. The zero-order chi connectivity index (χ0) is 12.3. The number of hydrogen-bond acceptors (Lipinski definition) is 4. The van der Waals surface area contributed by atoms with Gasteiger partial charge in [-0.15, -0.1) is 5.10 Å². The Bertz CT molecular complexity index is 574. The van der Waals surface area contributed by atoms with Gasteiger partial charge in [-0.1, -0.05) is 17.7 Å². The maximum Gasteiger partial charge on any atom is 0.171 e. The molecular formula is C11H6ClFN4. The minimum absolute atomic E-state index is 0.0752. The van der Waals surface area contributed by atoms with Gasteiger partial charge in [0, 0.05) is 0 Å². The highest BCUT2D eigenvalue weighted by Crippen LogP contribution is 2.28. The van der Waals surface area contributed by atoms with Crippen molar-refractivity contribution in [3.05, 3.63) is 46.9 Å². The van der Waals surface area contributed by atoms with Gasteiger partial charge in [0.1, 0.15) is 11.9 Å². The van der Waals surface area contributed by atoms with Crippen LogP contribution in [0, 0.1) is 17.1 Å². The molecule has 0 radical (unpaired) electrons. The van der Waals surface area contributed by atoms with Crippen molar-refractivity contribution >= 4 is 23.1 Å². The van der Waals surface area contributed by atoms with Crippen LogP contribution in [0.25, 0.3) is 0 Å². The molecule has 1 aromatic heterocycles. The van der Waals surface area contributed by atoms with Crippen LogP contribution in [-0.4, -0.2) is 10.2 Å². The molecular weight excluding hydrogens is 243 g/mol. The molecule has 1 N–H and O–H groups in total. The topological polar surface area (TPSA) is 61.6 Å². The van der Waals surface area contributed by atoms with Crippen LogP contribution in [0.2, 0.25) is 5.02 Å². The largest absolute Gasteiger partial charge is 0.334 e. The maximum absolute atomic E-state index is 13.5.